The first-order valence-electron chi connectivity index (χ1n) is 3.89. The van der Waals surface area contributed by atoms with Gasteiger partial charge in [0, 0.05) is 0 Å². The van der Waals surface area contributed by atoms with Crippen molar-refractivity contribution in [2.45, 2.75) is 0 Å². The summed E-state index contributed by atoms with van der Waals surface area (Å²) in [4.78, 5) is 13.5. The van der Waals surface area contributed by atoms with Gasteiger partial charge in [-0.25, -0.2) is 4.79 Å². The Morgan fingerprint density at radius 1 is 1.64 bits per heavy atom. The highest BCUT2D eigenvalue weighted by molar-refractivity contribution is 6.34. The van der Waals surface area contributed by atoms with Gasteiger partial charge < -0.3 is 4.74 Å². The van der Waals surface area contributed by atoms with Gasteiger partial charge in [0.2, 0.25) is 6.08 Å². The molecule has 0 saturated carbocycles. The van der Waals surface area contributed by atoms with E-state index in [0.29, 0.717) is 23.1 Å². The molecule has 0 aliphatic heterocycles. The van der Waals surface area contributed by atoms with Crippen LogP contribution in [0.2, 0.25) is 5.02 Å². The van der Waals surface area contributed by atoms with E-state index in [1.165, 1.54) is 6.08 Å². The number of hydrogen-bond donors (Lipinski definition) is 0. The average Bonchev–Trinajstić information content (AvgIpc) is 2.20. The highest BCUT2D eigenvalue weighted by atomic mass is 35.5. The van der Waals surface area contributed by atoms with Crippen LogP contribution in [0.3, 0.4) is 0 Å². The summed E-state index contributed by atoms with van der Waals surface area (Å²) in [5, 5.41) is 0.303. The molecule has 0 aliphatic rings. The number of aliphatic imine (C=N–C) groups is 1. The Morgan fingerprint density at radius 3 is 3.07 bits per heavy atom. The van der Waals surface area contributed by atoms with Crippen molar-refractivity contribution in [2.75, 3.05) is 6.61 Å². The lowest BCUT2D eigenvalue weighted by Gasteiger charge is -2.05. The summed E-state index contributed by atoms with van der Waals surface area (Å²) in [5.74, 6) is 0.475. The summed E-state index contributed by atoms with van der Waals surface area (Å²) < 4.78 is 5.23. The van der Waals surface area contributed by atoms with Crippen LogP contribution in [0.5, 0.6) is 5.75 Å². The summed E-state index contributed by atoms with van der Waals surface area (Å²) in [5.41, 5.74) is 0.350. The van der Waals surface area contributed by atoms with Gasteiger partial charge >= 0.3 is 0 Å². The maximum Gasteiger partial charge on any atom is 0.240 e. The van der Waals surface area contributed by atoms with Gasteiger partial charge in [-0.05, 0) is 12.1 Å². The summed E-state index contributed by atoms with van der Waals surface area (Å²) in [6.07, 6.45) is 3.03. The summed E-state index contributed by atoms with van der Waals surface area (Å²) in [6, 6.07) is 4.99. The zero-order valence-corrected chi connectivity index (χ0v) is 8.12. The van der Waals surface area contributed by atoms with Crippen LogP contribution in [0.25, 0.3) is 0 Å². The topological polar surface area (TPSA) is 38.7 Å². The first-order valence-corrected chi connectivity index (χ1v) is 4.27. The molecule has 0 fully saturated rings. The third kappa shape index (κ3) is 2.46. The number of hydrogen-bond acceptors (Lipinski definition) is 3. The average molecular weight is 210 g/mol. The highest BCUT2D eigenvalue weighted by Gasteiger charge is 2.05. The van der Waals surface area contributed by atoms with Gasteiger partial charge in [0.05, 0.1) is 5.69 Å². The van der Waals surface area contributed by atoms with Crippen molar-refractivity contribution in [1.29, 1.82) is 0 Å². The third-order valence-electron chi connectivity index (χ3n) is 1.47. The van der Waals surface area contributed by atoms with Crippen molar-refractivity contribution < 1.29 is 9.53 Å². The van der Waals surface area contributed by atoms with Crippen LogP contribution in [0.4, 0.5) is 5.69 Å². The molecule has 1 aromatic rings. The normalized spacial score (nSPS) is 8.93. The molecule has 4 heteroatoms. The largest absolute Gasteiger partial charge is 0.488 e. The molecule has 0 heterocycles. The second-order valence-corrected chi connectivity index (χ2v) is 2.77. The lowest BCUT2D eigenvalue weighted by atomic mass is 10.3. The second-order valence-electron chi connectivity index (χ2n) is 2.39. The van der Waals surface area contributed by atoms with Crippen LogP contribution in [0, 0.1) is 0 Å². The Hall–Kier alpha value is -1.57. The number of carbonyl (C=O) groups excluding carboxylic acids is 1. The van der Waals surface area contributed by atoms with Gasteiger partial charge in [-0.3, -0.25) is 0 Å². The molecule has 1 aromatic carbocycles. The molecule has 0 N–H and O–H groups in total. The van der Waals surface area contributed by atoms with Crippen LogP contribution >= 0.6 is 11.6 Å². The summed E-state index contributed by atoms with van der Waals surface area (Å²) >= 11 is 5.89. The van der Waals surface area contributed by atoms with E-state index in [9.17, 15) is 4.79 Å². The maximum absolute atomic E-state index is 10.0. The van der Waals surface area contributed by atoms with Crippen LogP contribution in [-0.2, 0) is 4.79 Å². The summed E-state index contributed by atoms with van der Waals surface area (Å²) in [6.45, 7) is 3.87. The fraction of sp³-hybridized carbons (Fsp3) is 0.100. The molecule has 3 nitrogen and oxygen atoms in total. The monoisotopic (exact) mass is 209 g/mol. The number of nitrogens with zero attached hydrogens (tertiary/aromatic N) is 1. The van der Waals surface area contributed by atoms with E-state index in [0.717, 1.165) is 0 Å². The van der Waals surface area contributed by atoms with Crippen LogP contribution in [0.15, 0.2) is 35.8 Å². The fourth-order valence-corrected chi connectivity index (χ4v) is 1.12. The molecule has 0 aliphatic carbocycles. The van der Waals surface area contributed by atoms with Crippen molar-refractivity contribution in [1.82, 2.24) is 0 Å². The molecule has 0 aromatic heterocycles. The molecule has 0 radical (unpaired) electrons. The Morgan fingerprint density at radius 2 is 2.43 bits per heavy atom. The maximum atomic E-state index is 10.0. The van der Waals surface area contributed by atoms with Crippen LogP contribution < -0.4 is 4.74 Å². The number of halogens is 1. The van der Waals surface area contributed by atoms with Crippen molar-refractivity contribution in [2.24, 2.45) is 4.99 Å². The molecular weight excluding hydrogens is 202 g/mol. The van der Waals surface area contributed by atoms with Gasteiger partial charge in [0.25, 0.3) is 0 Å². The van der Waals surface area contributed by atoms with E-state index in [2.05, 4.69) is 11.6 Å². The summed E-state index contributed by atoms with van der Waals surface area (Å²) in [7, 11) is 0. The molecule has 1 rings (SSSR count). The van der Waals surface area contributed by atoms with Gasteiger partial charge in [-0.2, -0.15) is 4.99 Å². The Labute approximate surface area is 86.7 Å². The molecule has 0 atom stereocenters. The highest BCUT2D eigenvalue weighted by Crippen LogP contribution is 2.33. The second kappa shape index (κ2) is 5.22. The predicted molar refractivity (Wildman–Crippen MR) is 54.9 cm³/mol. The quantitative estimate of drug-likeness (QED) is 0.435. The number of rotatable bonds is 4. The first-order chi connectivity index (χ1) is 6.79. The number of isocyanates is 1. The minimum atomic E-state index is 0.303. The fourth-order valence-electron chi connectivity index (χ4n) is 0.895. The SMILES string of the molecule is C=CCOc1cccc(N=C=O)c1Cl. The van der Waals surface area contributed by atoms with E-state index in [4.69, 9.17) is 16.3 Å². The van der Waals surface area contributed by atoms with Crippen LogP contribution in [0.1, 0.15) is 0 Å². The molecule has 0 saturated heterocycles. The molecule has 14 heavy (non-hydrogen) atoms. The molecule has 0 unspecified atom stereocenters. The van der Waals surface area contributed by atoms with E-state index >= 15 is 0 Å². The molecule has 0 bridgehead atoms. The number of benzene rings is 1. The van der Waals surface area contributed by atoms with Crippen molar-refractivity contribution >= 4 is 23.4 Å². The smallest absolute Gasteiger partial charge is 0.240 e. The van der Waals surface area contributed by atoms with Gasteiger partial charge in [0.15, 0.2) is 0 Å². The zero-order chi connectivity index (χ0) is 10.4. The molecule has 72 valence electrons. The van der Waals surface area contributed by atoms with E-state index in [1.807, 2.05) is 0 Å². The third-order valence-corrected chi connectivity index (χ3v) is 1.85. The minimum absolute atomic E-state index is 0.303. The lowest BCUT2D eigenvalue weighted by molar-refractivity contribution is 0.363. The van der Waals surface area contributed by atoms with Crippen molar-refractivity contribution in [3.8, 4) is 5.75 Å². The van der Waals surface area contributed by atoms with Gasteiger partial charge in [-0.1, -0.05) is 30.3 Å². The molecule has 0 spiro atoms. The van der Waals surface area contributed by atoms with Crippen LogP contribution in [-0.4, -0.2) is 12.7 Å². The van der Waals surface area contributed by atoms with Gasteiger partial charge in [-0.15, -0.1) is 0 Å². The Balaban J connectivity index is 3.00. The Kier molecular flexibility index (Phi) is 3.92. The Bertz CT molecular complexity index is 384. The number of ether oxygens (including phenoxy) is 1. The van der Waals surface area contributed by atoms with E-state index < -0.39 is 0 Å². The zero-order valence-electron chi connectivity index (χ0n) is 7.37. The van der Waals surface area contributed by atoms with E-state index in [-0.39, 0.29) is 0 Å². The molecular formula is C10H8ClNO2. The van der Waals surface area contributed by atoms with E-state index in [1.54, 1.807) is 24.3 Å². The molecule has 0 amide bonds. The van der Waals surface area contributed by atoms with Crippen molar-refractivity contribution in [3.05, 3.63) is 35.9 Å². The minimum Gasteiger partial charge on any atom is -0.488 e. The lowest BCUT2D eigenvalue weighted by Crippen LogP contribution is -1.92. The van der Waals surface area contributed by atoms with Crippen molar-refractivity contribution in [3.63, 3.8) is 0 Å². The predicted octanol–water partition coefficient (Wildman–Crippen LogP) is 2.87. The first kappa shape index (κ1) is 10.5. The standard InChI is InChI=1S/C10H8ClNO2/c1-2-6-14-9-5-3-4-8(10(9)11)12-7-13/h2-5H,1,6H2. The van der Waals surface area contributed by atoms with Gasteiger partial charge in [0.1, 0.15) is 17.4 Å².